The van der Waals surface area contributed by atoms with Crippen molar-refractivity contribution in [2.24, 2.45) is 5.92 Å². The van der Waals surface area contributed by atoms with Gasteiger partial charge in [-0.25, -0.2) is 4.39 Å². The lowest BCUT2D eigenvalue weighted by Gasteiger charge is -2.30. The molecule has 1 rings (SSSR count). The topological polar surface area (TPSA) is 46.5 Å². The van der Waals surface area contributed by atoms with Crippen molar-refractivity contribution in [3.8, 4) is 5.75 Å². The number of hydrogen-bond acceptors (Lipinski definition) is 2. The van der Waals surface area contributed by atoms with E-state index in [0.717, 1.165) is 12.1 Å². The predicted octanol–water partition coefficient (Wildman–Crippen LogP) is 3.77. The highest BCUT2D eigenvalue weighted by atomic mass is 19.4. The Hall–Kier alpha value is -1.79. The molecule has 0 radical (unpaired) electrons. The van der Waals surface area contributed by atoms with E-state index in [0.29, 0.717) is 0 Å². The number of carboxylic acids is 1. The van der Waals surface area contributed by atoms with Gasteiger partial charge in [0.15, 0.2) is 5.92 Å². The van der Waals surface area contributed by atoms with Crippen LogP contribution in [0.3, 0.4) is 0 Å². The average Bonchev–Trinajstić information content (AvgIpc) is 2.34. The Morgan fingerprint density at radius 3 is 2.33 bits per heavy atom. The fraction of sp³-hybridized carbons (Fsp3) is 0.500. The molecule has 1 aromatic carbocycles. The van der Waals surface area contributed by atoms with Crippen molar-refractivity contribution in [1.29, 1.82) is 0 Å². The molecule has 0 fully saturated rings. The van der Waals surface area contributed by atoms with Crippen LogP contribution in [0.5, 0.6) is 5.75 Å². The number of hydrogen-bond donors (Lipinski definition) is 1. The number of ether oxygens (including phenoxy) is 1. The molecule has 0 spiro atoms. The van der Waals surface area contributed by atoms with Crippen LogP contribution in [0, 0.1) is 11.7 Å². The van der Waals surface area contributed by atoms with Crippen molar-refractivity contribution < 1.29 is 32.2 Å². The number of carbonyl (C=O) groups is 1. The Kier molecular flexibility index (Phi) is 4.86. The molecule has 21 heavy (non-hydrogen) atoms. The SMILES string of the molecule is COc1ccc(F)cc1C(C)(C)CC(C(=O)O)C(F)(F)F. The molecule has 3 nitrogen and oxygen atoms in total. The maximum atomic E-state index is 13.3. The fourth-order valence-corrected chi connectivity index (χ4v) is 2.17. The van der Waals surface area contributed by atoms with Crippen LogP contribution in [0.2, 0.25) is 0 Å². The number of methoxy groups -OCH3 is 1. The summed E-state index contributed by atoms with van der Waals surface area (Å²) >= 11 is 0. The molecule has 1 N–H and O–H groups in total. The Bertz CT molecular complexity index is 523. The van der Waals surface area contributed by atoms with Crippen LogP contribution in [0.1, 0.15) is 25.8 Å². The number of rotatable bonds is 5. The number of carboxylic acid groups (broad SMARTS) is 1. The summed E-state index contributed by atoms with van der Waals surface area (Å²) in [6.07, 6.45) is -5.59. The third-order valence-electron chi connectivity index (χ3n) is 3.30. The van der Waals surface area contributed by atoms with E-state index < -0.39 is 35.7 Å². The van der Waals surface area contributed by atoms with Gasteiger partial charge >= 0.3 is 12.1 Å². The second kappa shape index (κ2) is 5.91. The van der Waals surface area contributed by atoms with Gasteiger partial charge in [-0.1, -0.05) is 13.8 Å². The first-order valence-corrected chi connectivity index (χ1v) is 6.12. The van der Waals surface area contributed by atoms with E-state index in [-0.39, 0.29) is 11.3 Å². The maximum Gasteiger partial charge on any atom is 0.402 e. The highest BCUT2D eigenvalue weighted by Crippen LogP contribution is 2.41. The minimum Gasteiger partial charge on any atom is -0.496 e. The third kappa shape index (κ3) is 4.09. The molecule has 0 saturated carbocycles. The minimum absolute atomic E-state index is 0.195. The van der Waals surface area contributed by atoms with Gasteiger partial charge in [0.25, 0.3) is 0 Å². The normalized spacial score (nSPS) is 13.9. The van der Waals surface area contributed by atoms with Crippen LogP contribution < -0.4 is 4.74 Å². The van der Waals surface area contributed by atoms with Crippen molar-refractivity contribution in [3.05, 3.63) is 29.6 Å². The molecule has 0 aliphatic carbocycles. The lowest BCUT2D eigenvalue weighted by atomic mass is 9.76. The van der Waals surface area contributed by atoms with Crippen LogP contribution in [0.15, 0.2) is 18.2 Å². The lowest BCUT2D eigenvalue weighted by Crippen LogP contribution is -2.36. The largest absolute Gasteiger partial charge is 0.496 e. The van der Waals surface area contributed by atoms with E-state index in [1.165, 1.54) is 27.0 Å². The Morgan fingerprint density at radius 2 is 1.90 bits per heavy atom. The zero-order chi connectivity index (χ0) is 16.4. The van der Waals surface area contributed by atoms with E-state index in [4.69, 9.17) is 9.84 Å². The highest BCUT2D eigenvalue weighted by Gasteiger charge is 2.48. The molecule has 1 atom stereocenters. The molecule has 0 amide bonds. The molecular weight excluding hydrogens is 292 g/mol. The van der Waals surface area contributed by atoms with Crippen LogP contribution in [0.4, 0.5) is 17.6 Å². The maximum absolute atomic E-state index is 13.3. The van der Waals surface area contributed by atoms with E-state index >= 15 is 0 Å². The molecule has 118 valence electrons. The molecular formula is C14H16F4O3. The second-order valence-electron chi connectivity index (χ2n) is 5.37. The van der Waals surface area contributed by atoms with Gasteiger partial charge in [-0.15, -0.1) is 0 Å². The van der Waals surface area contributed by atoms with Crippen molar-refractivity contribution >= 4 is 5.97 Å². The Balaban J connectivity index is 3.21. The summed E-state index contributed by atoms with van der Waals surface area (Å²) in [4.78, 5) is 10.9. The fourth-order valence-electron chi connectivity index (χ4n) is 2.17. The summed E-state index contributed by atoms with van der Waals surface area (Å²) in [5.74, 6) is -4.89. The predicted molar refractivity (Wildman–Crippen MR) is 67.8 cm³/mol. The number of aliphatic carboxylic acids is 1. The number of benzene rings is 1. The molecule has 0 heterocycles. The highest BCUT2D eigenvalue weighted by molar-refractivity contribution is 5.71. The van der Waals surface area contributed by atoms with Gasteiger partial charge in [0.05, 0.1) is 7.11 Å². The summed E-state index contributed by atoms with van der Waals surface area (Å²) in [6.45, 7) is 2.85. The minimum atomic E-state index is -4.87. The van der Waals surface area contributed by atoms with Crippen LogP contribution in [-0.4, -0.2) is 24.4 Å². The summed E-state index contributed by atoms with van der Waals surface area (Å²) in [5, 5.41) is 8.77. The first-order valence-electron chi connectivity index (χ1n) is 6.12. The lowest BCUT2D eigenvalue weighted by molar-refractivity contribution is -0.197. The van der Waals surface area contributed by atoms with Gasteiger partial charge in [0.1, 0.15) is 11.6 Å². The van der Waals surface area contributed by atoms with Gasteiger partial charge in [0.2, 0.25) is 0 Å². The number of halogens is 4. The van der Waals surface area contributed by atoms with Crippen LogP contribution in [-0.2, 0) is 10.2 Å². The summed E-state index contributed by atoms with van der Waals surface area (Å²) < 4.78 is 56.7. The third-order valence-corrected chi connectivity index (χ3v) is 3.30. The molecule has 1 aromatic rings. The van der Waals surface area contributed by atoms with Crippen LogP contribution >= 0.6 is 0 Å². The van der Waals surface area contributed by atoms with Crippen molar-refractivity contribution in [2.75, 3.05) is 7.11 Å². The zero-order valence-electron chi connectivity index (χ0n) is 11.8. The molecule has 0 bridgehead atoms. The van der Waals surface area contributed by atoms with E-state index in [1.54, 1.807) is 0 Å². The summed E-state index contributed by atoms with van der Waals surface area (Å²) in [5.41, 5.74) is -1.04. The monoisotopic (exact) mass is 308 g/mol. The molecule has 7 heteroatoms. The van der Waals surface area contributed by atoms with Crippen molar-refractivity contribution in [1.82, 2.24) is 0 Å². The molecule has 1 unspecified atom stereocenters. The first-order chi connectivity index (χ1) is 9.49. The summed E-state index contributed by atoms with van der Waals surface area (Å²) in [6, 6.07) is 3.49. The average molecular weight is 308 g/mol. The van der Waals surface area contributed by atoms with Crippen molar-refractivity contribution in [3.63, 3.8) is 0 Å². The van der Waals surface area contributed by atoms with E-state index in [1.807, 2.05) is 0 Å². The van der Waals surface area contributed by atoms with Crippen LogP contribution in [0.25, 0.3) is 0 Å². The van der Waals surface area contributed by atoms with E-state index in [9.17, 15) is 22.4 Å². The number of alkyl halides is 3. The van der Waals surface area contributed by atoms with Gasteiger partial charge in [-0.05, 0) is 30.0 Å². The Morgan fingerprint density at radius 1 is 1.33 bits per heavy atom. The Labute approximate surface area is 119 Å². The smallest absolute Gasteiger partial charge is 0.402 e. The molecule has 0 saturated heterocycles. The van der Waals surface area contributed by atoms with Gasteiger partial charge in [0, 0.05) is 5.56 Å². The zero-order valence-corrected chi connectivity index (χ0v) is 11.8. The first kappa shape index (κ1) is 17.3. The molecule has 0 aromatic heterocycles. The van der Waals surface area contributed by atoms with Gasteiger partial charge in [-0.3, -0.25) is 4.79 Å². The second-order valence-corrected chi connectivity index (χ2v) is 5.37. The van der Waals surface area contributed by atoms with Gasteiger partial charge < -0.3 is 9.84 Å². The quantitative estimate of drug-likeness (QED) is 0.842. The van der Waals surface area contributed by atoms with E-state index in [2.05, 4.69) is 0 Å². The standard InChI is InChI=1S/C14H16F4O3/c1-13(2,7-10(12(19)20)14(16,17)18)9-6-8(15)4-5-11(9)21-3/h4-6,10H,7H2,1-3H3,(H,19,20). The van der Waals surface area contributed by atoms with Crippen molar-refractivity contribution in [2.45, 2.75) is 31.9 Å². The van der Waals surface area contributed by atoms with Gasteiger partial charge in [-0.2, -0.15) is 13.2 Å². The molecule has 0 aliphatic rings. The summed E-state index contributed by atoms with van der Waals surface area (Å²) in [7, 11) is 1.31. The molecule has 0 aliphatic heterocycles.